The quantitative estimate of drug-likeness (QED) is 0.0500. The second-order valence-corrected chi connectivity index (χ2v) is 17.7. The Labute approximate surface area is 401 Å². The maximum Gasteiger partial charge on any atom is 0.245 e. The van der Waals surface area contributed by atoms with E-state index in [1.807, 2.05) is 0 Å². The molecule has 0 spiro atoms. The average molecular weight is 976 g/mol. The summed E-state index contributed by atoms with van der Waals surface area (Å²) in [6.07, 6.45) is -2.73. The van der Waals surface area contributed by atoms with Crippen LogP contribution in [0.15, 0.2) is 35.3 Å². The molecule has 9 amide bonds. The molecule has 69 heavy (non-hydrogen) atoms. The summed E-state index contributed by atoms with van der Waals surface area (Å²) >= 11 is 0. The lowest BCUT2D eigenvalue weighted by Gasteiger charge is -2.32. The van der Waals surface area contributed by atoms with E-state index in [9.17, 15) is 58.5 Å². The van der Waals surface area contributed by atoms with Crippen molar-refractivity contribution in [3.05, 3.63) is 35.9 Å². The SMILES string of the molecule is CC[C@H](C)[C@@H]1NC(=O)[C@@H](CCCN=C(N)N)NC(=O)C(CC(C)C)NC(=O)[C@H]([C@H](O)C(C)C)NC(=O)[C@@H](N)[C@@H](c2ccccc2)NC(=O)C(CO)NC(=O)CNC(=O)CNC(=O)[C@H]([C@H](C)O)NC1=O. The number of aliphatic imine (C=N–C) groups is 1. The second-order valence-electron chi connectivity index (χ2n) is 17.7. The van der Waals surface area contributed by atoms with Gasteiger partial charge in [0.05, 0.1) is 37.9 Å². The predicted octanol–water partition coefficient (Wildman–Crippen LogP) is -5.14. The highest BCUT2D eigenvalue weighted by molar-refractivity contribution is 5.98. The Bertz CT molecular complexity index is 1950. The number of rotatable bonds is 13. The van der Waals surface area contributed by atoms with Gasteiger partial charge in [-0.2, -0.15) is 0 Å². The first kappa shape index (κ1) is 58.7. The summed E-state index contributed by atoms with van der Waals surface area (Å²) < 4.78 is 0. The number of nitrogens with zero attached hydrogens (tertiary/aromatic N) is 1. The Kier molecular flexibility index (Phi) is 24.5. The van der Waals surface area contributed by atoms with Crippen molar-refractivity contribution in [1.29, 1.82) is 0 Å². The molecule has 1 aromatic carbocycles. The molecule has 0 bridgehead atoms. The minimum absolute atomic E-state index is 0.00903. The maximum absolute atomic E-state index is 14.2. The fourth-order valence-electron chi connectivity index (χ4n) is 6.96. The van der Waals surface area contributed by atoms with Gasteiger partial charge in [0.25, 0.3) is 0 Å². The van der Waals surface area contributed by atoms with Crippen LogP contribution in [0, 0.1) is 17.8 Å². The Hall–Kier alpha value is -6.44. The first-order valence-corrected chi connectivity index (χ1v) is 22.9. The highest BCUT2D eigenvalue weighted by atomic mass is 16.3. The van der Waals surface area contributed by atoms with Crippen molar-refractivity contribution in [1.82, 2.24) is 47.9 Å². The molecule has 1 fully saturated rings. The minimum atomic E-state index is -1.74. The van der Waals surface area contributed by atoms with Crippen molar-refractivity contribution < 1.29 is 58.5 Å². The molecule has 386 valence electrons. The number of carbonyl (C=O) groups is 9. The number of carbonyl (C=O) groups excluding carboxylic acids is 9. The third-order valence-corrected chi connectivity index (χ3v) is 11.2. The van der Waals surface area contributed by atoms with E-state index in [2.05, 4.69) is 52.8 Å². The Balaban J connectivity index is 2.74. The molecule has 11 atom stereocenters. The number of hydrogen-bond acceptors (Lipinski definition) is 14. The number of benzene rings is 1. The first-order valence-electron chi connectivity index (χ1n) is 22.9. The summed E-state index contributed by atoms with van der Waals surface area (Å²) in [7, 11) is 0. The summed E-state index contributed by atoms with van der Waals surface area (Å²) in [5.41, 5.74) is 17.8. The molecule has 0 aromatic heterocycles. The largest absolute Gasteiger partial charge is 0.394 e. The van der Waals surface area contributed by atoms with Gasteiger partial charge in [-0.1, -0.05) is 78.3 Å². The first-order chi connectivity index (χ1) is 32.4. The van der Waals surface area contributed by atoms with Crippen molar-refractivity contribution in [2.75, 3.05) is 26.2 Å². The van der Waals surface area contributed by atoms with Gasteiger partial charge in [-0.05, 0) is 49.5 Å². The smallest absolute Gasteiger partial charge is 0.245 e. The predicted molar refractivity (Wildman–Crippen MR) is 251 cm³/mol. The number of amides is 9. The Morgan fingerprint density at radius 2 is 1.20 bits per heavy atom. The van der Waals surface area contributed by atoms with Crippen molar-refractivity contribution >= 4 is 59.1 Å². The number of aliphatic hydroxyl groups is 3. The van der Waals surface area contributed by atoms with Crippen LogP contribution in [0.2, 0.25) is 0 Å². The van der Waals surface area contributed by atoms with Gasteiger partial charge in [0.2, 0.25) is 53.2 Å². The monoisotopic (exact) mass is 976 g/mol. The molecule has 1 heterocycles. The van der Waals surface area contributed by atoms with Crippen molar-refractivity contribution in [3.8, 4) is 0 Å². The van der Waals surface area contributed by atoms with Gasteiger partial charge in [0.1, 0.15) is 42.3 Å². The van der Waals surface area contributed by atoms with Gasteiger partial charge in [0.15, 0.2) is 5.96 Å². The summed E-state index contributed by atoms with van der Waals surface area (Å²) in [5.74, 6) is -10.3. The lowest BCUT2D eigenvalue weighted by molar-refractivity contribution is -0.138. The third kappa shape index (κ3) is 19.2. The van der Waals surface area contributed by atoms with E-state index in [0.29, 0.717) is 6.42 Å². The topological polar surface area (TPSA) is 413 Å². The normalized spacial score (nSPS) is 26.2. The van der Waals surface area contributed by atoms with E-state index < -0.39 is 145 Å². The van der Waals surface area contributed by atoms with E-state index in [1.165, 1.54) is 19.1 Å². The highest BCUT2D eigenvalue weighted by Gasteiger charge is 2.39. The molecule has 2 rings (SSSR count). The zero-order chi connectivity index (χ0) is 52.1. The molecule has 1 aromatic rings. The zero-order valence-corrected chi connectivity index (χ0v) is 40.2. The Morgan fingerprint density at radius 1 is 0.652 bits per heavy atom. The highest BCUT2D eigenvalue weighted by Crippen LogP contribution is 2.18. The van der Waals surface area contributed by atoms with Crippen LogP contribution in [0.3, 0.4) is 0 Å². The maximum atomic E-state index is 14.2. The summed E-state index contributed by atoms with van der Waals surface area (Å²) in [6, 6.07) is -4.35. The zero-order valence-electron chi connectivity index (χ0n) is 40.2. The fourth-order valence-corrected chi connectivity index (χ4v) is 6.96. The Morgan fingerprint density at radius 3 is 1.77 bits per heavy atom. The van der Waals surface area contributed by atoms with Gasteiger partial charge in [-0.15, -0.1) is 0 Å². The number of nitrogens with one attached hydrogen (secondary N) is 9. The molecule has 1 aliphatic rings. The van der Waals surface area contributed by atoms with E-state index >= 15 is 0 Å². The van der Waals surface area contributed by atoms with E-state index in [0.717, 1.165) is 0 Å². The van der Waals surface area contributed by atoms with Crippen molar-refractivity contribution in [3.63, 3.8) is 0 Å². The van der Waals surface area contributed by atoms with Crippen LogP contribution in [0.5, 0.6) is 0 Å². The average Bonchev–Trinajstić information content (AvgIpc) is 3.30. The summed E-state index contributed by atoms with van der Waals surface area (Å²) in [4.78, 5) is 127. The van der Waals surface area contributed by atoms with Crippen LogP contribution in [-0.4, -0.2) is 155 Å². The summed E-state index contributed by atoms with van der Waals surface area (Å²) in [6.45, 7) is 8.82. The van der Waals surface area contributed by atoms with Crippen LogP contribution in [0.25, 0.3) is 0 Å². The number of hydrogen-bond donors (Lipinski definition) is 15. The molecule has 18 N–H and O–H groups in total. The summed E-state index contributed by atoms with van der Waals surface area (Å²) in [5, 5.41) is 54.1. The molecule has 1 saturated heterocycles. The molecular weight excluding hydrogens is 903 g/mol. The fraction of sp³-hybridized carbons (Fsp3) is 0.636. The van der Waals surface area contributed by atoms with Gasteiger partial charge in [0, 0.05) is 6.54 Å². The van der Waals surface area contributed by atoms with Gasteiger partial charge in [-0.25, -0.2) is 0 Å². The lowest BCUT2D eigenvalue weighted by atomic mass is 9.95. The molecule has 0 saturated carbocycles. The van der Waals surface area contributed by atoms with Crippen LogP contribution in [0.4, 0.5) is 0 Å². The van der Waals surface area contributed by atoms with Crippen LogP contribution >= 0.6 is 0 Å². The lowest BCUT2D eigenvalue weighted by Crippen LogP contribution is -2.63. The molecular formula is C44H73N13O12. The van der Waals surface area contributed by atoms with Gasteiger partial charge < -0.3 is 80.4 Å². The standard InChI is InChI=1S/C44H73N13O12/c1-8-23(6)32-42(68)55-33(24(7)59)41(67)50-18-29(60)49-19-30(61)51-28(20-58)39(65)56-34(25-13-10-9-11-14-25)31(45)40(66)57-35(36(62)22(4)5)43(69)53-27(17-21(2)3)38(64)52-26(37(63)54-32)15-12-16-48-44(46)47/h9-11,13-14,21-24,26-28,31-36,58-59,62H,8,12,15-20,45H2,1-7H3,(H,49,60)(H,50,67)(H,51,61)(H,52,64)(H,53,69)(H,54,63)(H,55,68)(H,56,65)(H,57,66)(H4,46,47,48)/t23-,24-,26+,27?,28?,31-,32-,33-,34+,35-,36+/m0/s1. The van der Waals surface area contributed by atoms with Crippen LogP contribution in [0.1, 0.15) is 85.8 Å². The van der Waals surface area contributed by atoms with Crippen LogP contribution in [-0.2, 0) is 43.2 Å². The number of aliphatic hydroxyl groups excluding tert-OH is 3. The third-order valence-electron chi connectivity index (χ3n) is 11.2. The van der Waals surface area contributed by atoms with Crippen molar-refractivity contribution in [2.24, 2.45) is 39.9 Å². The molecule has 2 unspecified atom stereocenters. The molecule has 0 radical (unpaired) electrons. The molecule has 25 nitrogen and oxygen atoms in total. The minimum Gasteiger partial charge on any atom is -0.394 e. The van der Waals surface area contributed by atoms with E-state index in [4.69, 9.17) is 17.2 Å². The van der Waals surface area contributed by atoms with Crippen molar-refractivity contribution in [2.45, 2.75) is 135 Å². The molecule has 0 aliphatic carbocycles. The van der Waals surface area contributed by atoms with Gasteiger partial charge >= 0.3 is 0 Å². The van der Waals surface area contributed by atoms with Crippen LogP contribution < -0.4 is 65.1 Å². The number of guanidine groups is 1. The van der Waals surface area contributed by atoms with E-state index in [1.54, 1.807) is 59.7 Å². The second kappa shape index (κ2) is 28.8. The molecule has 25 heteroatoms. The molecule has 1 aliphatic heterocycles. The van der Waals surface area contributed by atoms with Gasteiger partial charge in [-0.3, -0.25) is 48.1 Å². The number of nitrogens with two attached hydrogens (primary N) is 3. The van der Waals surface area contributed by atoms with E-state index in [-0.39, 0.29) is 43.2 Å².